The van der Waals surface area contributed by atoms with Crippen LogP contribution in [0.2, 0.25) is 0 Å². The molecule has 2 aromatic rings. The molecule has 220 valence electrons. The number of Topliss-reactive ketones (excluding diaryl/α,β-unsaturated/α-hetero) is 2. The molecule has 2 amide bonds. The number of amides is 2. The third-order valence-corrected chi connectivity index (χ3v) is 8.46. The number of anilines is 2. The Hall–Kier alpha value is -4.68. The van der Waals surface area contributed by atoms with Gasteiger partial charge in [-0.1, -0.05) is 18.2 Å². The van der Waals surface area contributed by atoms with Crippen molar-refractivity contribution < 1.29 is 39.6 Å². The van der Waals surface area contributed by atoms with Crippen molar-refractivity contribution >= 4 is 34.8 Å². The molecule has 0 saturated carbocycles. The number of phenolic OH excluding ortho intramolecular Hbond substituents is 1. The Morgan fingerprint density at radius 2 is 1.69 bits per heavy atom. The Kier molecular flexibility index (Phi) is 6.86. The maximum absolute atomic E-state index is 14.1. The number of carbonyl (C=O) groups is 4. The topological polar surface area (TPSA) is 194 Å². The second-order valence-electron chi connectivity index (χ2n) is 11.3. The van der Waals surface area contributed by atoms with Crippen LogP contribution >= 0.6 is 0 Å². The van der Waals surface area contributed by atoms with E-state index in [1.54, 1.807) is 69.5 Å². The number of aliphatic hydroxyl groups excluding tert-OH is 2. The van der Waals surface area contributed by atoms with E-state index >= 15 is 0 Å². The van der Waals surface area contributed by atoms with Crippen LogP contribution in [0.5, 0.6) is 5.75 Å². The van der Waals surface area contributed by atoms with Crippen LogP contribution in [0.4, 0.5) is 11.4 Å². The van der Waals surface area contributed by atoms with Gasteiger partial charge in [0, 0.05) is 36.8 Å². The minimum Gasteiger partial charge on any atom is -0.510 e. The highest BCUT2D eigenvalue weighted by Crippen LogP contribution is 2.53. The van der Waals surface area contributed by atoms with Gasteiger partial charge < -0.3 is 36.4 Å². The molecule has 3 aliphatic carbocycles. The molecule has 5 rings (SSSR count). The molecule has 12 heteroatoms. The van der Waals surface area contributed by atoms with Gasteiger partial charge in [0.1, 0.15) is 17.1 Å². The lowest BCUT2D eigenvalue weighted by atomic mass is 9.58. The predicted octanol–water partition coefficient (Wildman–Crippen LogP) is 1.44. The van der Waals surface area contributed by atoms with E-state index in [-0.39, 0.29) is 29.7 Å². The molecule has 7 N–H and O–H groups in total. The van der Waals surface area contributed by atoms with E-state index in [4.69, 9.17) is 5.73 Å². The number of phenols is 1. The number of likely N-dealkylation sites (N-methyl/N-ethyl adjacent to an activating group) is 1. The molecule has 12 nitrogen and oxygen atoms in total. The van der Waals surface area contributed by atoms with Crippen molar-refractivity contribution in [2.45, 2.75) is 24.5 Å². The Bertz CT molecular complexity index is 1610. The second-order valence-corrected chi connectivity index (χ2v) is 11.3. The van der Waals surface area contributed by atoms with Crippen LogP contribution in [-0.2, 0) is 16.0 Å². The van der Waals surface area contributed by atoms with E-state index in [2.05, 4.69) is 5.32 Å². The van der Waals surface area contributed by atoms with Crippen molar-refractivity contribution in [1.82, 2.24) is 4.90 Å². The highest BCUT2D eigenvalue weighted by molar-refractivity contribution is 6.25. The molecule has 0 bridgehead atoms. The average Bonchev–Trinajstić information content (AvgIpc) is 2.92. The van der Waals surface area contributed by atoms with E-state index in [0.29, 0.717) is 16.8 Å². The fourth-order valence-corrected chi connectivity index (χ4v) is 6.58. The minimum absolute atomic E-state index is 0.0219. The number of aliphatic hydroxyl groups is 3. The number of nitrogens with zero attached hydrogens (tertiary/aromatic N) is 2. The zero-order valence-corrected chi connectivity index (χ0v) is 23.5. The summed E-state index contributed by atoms with van der Waals surface area (Å²) in [5.74, 6) is -7.90. The second kappa shape index (κ2) is 10.00. The molecule has 3 aliphatic rings. The van der Waals surface area contributed by atoms with E-state index in [0.717, 1.165) is 0 Å². The van der Waals surface area contributed by atoms with Gasteiger partial charge in [-0.05, 0) is 56.6 Å². The lowest BCUT2D eigenvalue weighted by Crippen LogP contribution is -2.63. The van der Waals surface area contributed by atoms with E-state index in [1.165, 1.54) is 4.90 Å². The lowest BCUT2D eigenvalue weighted by Gasteiger charge is -2.50. The van der Waals surface area contributed by atoms with Crippen LogP contribution in [0, 0.1) is 11.8 Å². The Balaban J connectivity index is 1.68. The molecule has 0 spiro atoms. The molecule has 0 aliphatic heterocycles. The molecule has 0 fully saturated rings. The van der Waals surface area contributed by atoms with Crippen molar-refractivity contribution in [1.29, 1.82) is 0 Å². The highest BCUT2D eigenvalue weighted by atomic mass is 16.3. The number of hydrogen-bond acceptors (Lipinski definition) is 10. The number of primary amides is 1. The summed E-state index contributed by atoms with van der Waals surface area (Å²) >= 11 is 0. The summed E-state index contributed by atoms with van der Waals surface area (Å²) in [7, 11) is 6.61. The quantitative estimate of drug-likeness (QED) is 0.224. The number of nitrogens with one attached hydrogen (secondary N) is 1. The molecular weight excluding hydrogens is 544 g/mol. The van der Waals surface area contributed by atoms with Crippen molar-refractivity contribution in [3.05, 3.63) is 75.8 Å². The van der Waals surface area contributed by atoms with Crippen molar-refractivity contribution in [2.75, 3.05) is 38.4 Å². The van der Waals surface area contributed by atoms with E-state index in [9.17, 15) is 39.6 Å². The fourth-order valence-electron chi connectivity index (χ4n) is 6.58. The maximum atomic E-state index is 14.1. The molecule has 4 atom stereocenters. The Morgan fingerprint density at radius 3 is 2.26 bits per heavy atom. The average molecular weight is 577 g/mol. The zero-order valence-electron chi connectivity index (χ0n) is 23.5. The van der Waals surface area contributed by atoms with Crippen molar-refractivity contribution in [2.24, 2.45) is 17.6 Å². The standard InChI is InChI=1S/C30H32N4O8/c1-33(2)18-12-17(32-29(41)13-8-6-5-7-9-13)23(35)20-15(18)10-14-11-16-22(34(3)4)25(37)21(28(31)40)27(39)30(16,42)26(38)19(14)24(20)36/h5-9,12,14,16,22,35,37-38,42H,10-11H2,1-4H3,(H2,31,40)(H,32,41)/t14?,16?,22-,30-/m0/s1. The predicted molar refractivity (Wildman–Crippen MR) is 152 cm³/mol. The van der Waals surface area contributed by atoms with Gasteiger partial charge in [0.05, 0.1) is 17.3 Å². The summed E-state index contributed by atoms with van der Waals surface area (Å²) in [5, 5.41) is 48.1. The van der Waals surface area contributed by atoms with Gasteiger partial charge in [0.15, 0.2) is 17.1 Å². The summed E-state index contributed by atoms with van der Waals surface area (Å²) in [6.45, 7) is 0. The van der Waals surface area contributed by atoms with Crippen LogP contribution in [-0.4, -0.2) is 88.5 Å². The van der Waals surface area contributed by atoms with Gasteiger partial charge in [0.25, 0.3) is 11.8 Å². The molecule has 0 saturated heterocycles. The number of allylic oxidation sites excluding steroid dienone is 1. The molecule has 0 aromatic heterocycles. The zero-order chi connectivity index (χ0) is 30.8. The van der Waals surface area contributed by atoms with Crippen molar-refractivity contribution in [3.8, 4) is 5.75 Å². The largest absolute Gasteiger partial charge is 0.510 e. The number of carbonyl (C=O) groups excluding carboxylic acids is 4. The SMILES string of the molecule is CN(C)c1cc(NC(=O)c2ccccc2)c(O)c2c1CC1CC3[C@H](N(C)C)C(O)=C(C(N)=O)C(=O)[C@@]3(O)C(O)=C1C2=O. The van der Waals surface area contributed by atoms with Gasteiger partial charge in [-0.25, -0.2) is 0 Å². The first-order valence-electron chi connectivity index (χ1n) is 13.3. The minimum atomic E-state index is -2.73. The molecular formula is C30H32N4O8. The summed E-state index contributed by atoms with van der Waals surface area (Å²) in [6, 6.07) is 8.76. The van der Waals surface area contributed by atoms with Gasteiger partial charge in [-0.15, -0.1) is 0 Å². The third kappa shape index (κ3) is 4.05. The number of nitrogens with two attached hydrogens (primary N) is 1. The summed E-state index contributed by atoms with van der Waals surface area (Å²) < 4.78 is 0. The molecule has 0 radical (unpaired) electrons. The number of hydrogen-bond donors (Lipinski definition) is 6. The molecule has 0 heterocycles. The third-order valence-electron chi connectivity index (χ3n) is 8.46. The fraction of sp³-hybridized carbons (Fsp3) is 0.333. The van der Waals surface area contributed by atoms with E-state index in [1.807, 2.05) is 0 Å². The van der Waals surface area contributed by atoms with Gasteiger partial charge in [-0.3, -0.25) is 24.1 Å². The molecule has 2 unspecified atom stereocenters. The maximum Gasteiger partial charge on any atom is 0.255 e. The lowest BCUT2D eigenvalue weighted by molar-refractivity contribution is -0.148. The first-order valence-corrected chi connectivity index (χ1v) is 13.3. The first kappa shape index (κ1) is 28.8. The molecule has 2 aromatic carbocycles. The number of aromatic hydroxyl groups is 1. The van der Waals surface area contributed by atoms with Crippen LogP contribution in [0.1, 0.15) is 32.7 Å². The summed E-state index contributed by atoms with van der Waals surface area (Å²) in [6.07, 6.45) is 0.106. The van der Waals surface area contributed by atoms with Crippen molar-refractivity contribution in [3.63, 3.8) is 0 Å². The van der Waals surface area contributed by atoms with Crippen LogP contribution in [0.25, 0.3) is 0 Å². The Labute approximate surface area is 241 Å². The highest BCUT2D eigenvalue weighted by Gasteiger charge is 2.63. The number of rotatable bonds is 5. The first-order chi connectivity index (χ1) is 19.7. The number of fused-ring (bicyclic) bond motifs is 3. The monoisotopic (exact) mass is 576 g/mol. The van der Waals surface area contributed by atoms with Gasteiger partial charge >= 0.3 is 0 Å². The smallest absolute Gasteiger partial charge is 0.255 e. The van der Waals surface area contributed by atoms with Crippen LogP contribution in [0.15, 0.2) is 59.1 Å². The molecule has 42 heavy (non-hydrogen) atoms. The van der Waals surface area contributed by atoms with Gasteiger partial charge in [0.2, 0.25) is 5.78 Å². The Morgan fingerprint density at radius 1 is 1.05 bits per heavy atom. The van der Waals surface area contributed by atoms with Crippen LogP contribution in [0.3, 0.4) is 0 Å². The summed E-state index contributed by atoms with van der Waals surface area (Å²) in [4.78, 5) is 55.8. The van der Waals surface area contributed by atoms with Gasteiger partial charge in [-0.2, -0.15) is 0 Å². The van der Waals surface area contributed by atoms with E-state index < -0.39 is 69.7 Å². The number of benzene rings is 2. The normalized spacial score (nSPS) is 25.1. The number of ketones is 2. The van der Waals surface area contributed by atoms with Crippen LogP contribution < -0.4 is 16.0 Å². The summed E-state index contributed by atoms with van der Waals surface area (Å²) in [5.41, 5.74) is 2.57.